The zero-order valence-electron chi connectivity index (χ0n) is 8.12. The molecule has 0 aliphatic heterocycles. The lowest BCUT2D eigenvalue weighted by atomic mass is 10.3. The van der Waals surface area contributed by atoms with E-state index >= 15 is 0 Å². The molecule has 0 aliphatic rings. The fourth-order valence-corrected chi connectivity index (χ4v) is 1.81. The molecule has 5 heteroatoms. The SMILES string of the molecule is Cn1ccsc1=NC(=O)c1ccncc1. The largest absolute Gasteiger partial charge is 0.327 e. The van der Waals surface area contributed by atoms with E-state index in [9.17, 15) is 4.79 Å². The van der Waals surface area contributed by atoms with Crippen LogP contribution in [-0.4, -0.2) is 15.5 Å². The highest BCUT2D eigenvalue weighted by molar-refractivity contribution is 7.07. The third-order valence-electron chi connectivity index (χ3n) is 1.88. The Bertz CT molecular complexity index is 527. The fourth-order valence-electron chi connectivity index (χ4n) is 1.08. The summed E-state index contributed by atoms with van der Waals surface area (Å²) in [6, 6.07) is 3.30. The van der Waals surface area contributed by atoms with Gasteiger partial charge in [0.25, 0.3) is 5.91 Å². The second-order valence-corrected chi connectivity index (χ2v) is 3.82. The summed E-state index contributed by atoms with van der Waals surface area (Å²) in [6.45, 7) is 0. The Morgan fingerprint density at radius 1 is 1.47 bits per heavy atom. The molecular weight excluding hydrogens is 210 g/mol. The van der Waals surface area contributed by atoms with Crippen LogP contribution in [0.25, 0.3) is 0 Å². The molecule has 0 radical (unpaired) electrons. The highest BCUT2D eigenvalue weighted by atomic mass is 32.1. The number of hydrogen-bond donors (Lipinski definition) is 0. The Hall–Kier alpha value is -1.75. The maximum Gasteiger partial charge on any atom is 0.279 e. The minimum Gasteiger partial charge on any atom is -0.327 e. The van der Waals surface area contributed by atoms with Crippen molar-refractivity contribution in [3.63, 3.8) is 0 Å². The van der Waals surface area contributed by atoms with Gasteiger partial charge in [0.05, 0.1) is 0 Å². The summed E-state index contributed by atoms with van der Waals surface area (Å²) in [4.78, 5) is 20.2. The number of carbonyl (C=O) groups excluding carboxylic acids is 1. The van der Waals surface area contributed by atoms with Gasteiger partial charge in [0.15, 0.2) is 4.80 Å². The number of aryl methyl sites for hydroxylation is 1. The van der Waals surface area contributed by atoms with Crippen LogP contribution in [0.3, 0.4) is 0 Å². The van der Waals surface area contributed by atoms with Crippen molar-refractivity contribution in [3.8, 4) is 0 Å². The first-order chi connectivity index (χ1) is 7.27. The van der Waals surface area contributed by atoms with Crippen molar-refractivity contribution < 1.29 is 4.79 Å². The van der Waals surface area contributed by atoms with E-state index in [1.54, 1.807) is 24.5 Å². The minimum absolute atomic E-state index is 0.240. The second kappa shape index (κ2) is 4.18. The highest BCUT2D eigenvalue weighted by Gasteiger charge is 2.02. The van der Waals surface area contributed by atoms with Crippen LogP contribution in [0.2, 0.25) is 0 Å². The van der Waals surface area contributed by atoms with E-state index in [1.165, 1.54) is 11.3 Å². The lowest BCUT2D eigenvalue weighted by Gasteiger charge is -1.93. The first-order valence-corrected chi connectivity index (χ1v) is 5.24. The van der Waals surface area contributed by atoms with Gasteiger partial charge in [-0.15, -0.1) is 11.3 Å². The van der Waals surface area contributed by atoms with E-state index in [-0.39, 0.29) is 5.91 Å². The number of thiazole rings is 1. The highest BCUT2D eigenvalue weighted by Crippen LogP contribution is 1.98. The Balaban J connectivity index is 2.36. The van der Waals surface area contributed by atoms with Crippen molar-refractivity contribution in [1.82, 2.24) is 9.55 Å². The van der Waals surface area contributed by atoms with Gasteiger partial charge in [-0.05, 0) is 12.1 Å². The molecule has 2 heterocycles. The van der Waals surface area contributed by atoms with Gasteiger partial charge < -0.3 is 4.57 Å². The summed E-state index contributed by atoms with van der Waals surface area (Å²) in [7, 11) is 1.86. The van der Waals surface area contributed by atoms with Crippen molar-refractivity contribution >= 4 is 17.2 Å². The van der Waals surface area contributed by atoms with Crippen molar-refractivity contribution in [2.24, 2.45) is 12.0 Å². The smallest absolute Gasteiger partial charge is 0.279 e. The van der Waals surface area contributed by atoms with E-state index in [0.717, 1.165) is 0 Å². The average molecular weight is 219 g/mol. The first kappa shape index (κ1) is 9.79. The Morgan fingerprint density at radius 3 is 2.80 bits per heavy atom. The van der Waals surface area contributed by atoms with Gasteiger partial charge in [-0.2, -0.15) is 4.99 Å². The molecule has 0 atom stereocenters. The Morgan fingerprint density at radius 2 is 2.20 bits per heavy atom. The zero-order valence-corrected chi connectivity index (χ0v) is 8.94. The van der Waals surface area contributed by atoms with Crippen LogP contribution in [0.5, 0.6) is 0 Å². The predicted molar refractivity (Wildman–Crippen MR) is 57.4 cm³/mol. The standard InChI is InChI=1S/C10H9N3OS/c1-13-6-7-15-10(13)12-9(14)8-2-4-11-5-3-8/h2-7H,1H3. The molecule has 2 aromatic rings. The zero-order chi connectivity index (χ0) is 10.7. The molecule has 76 valence electrons. The van der Waals surface area contributed by atoms with Crippen molar-refractivity contribution in [2.45, 2.75) is 0 Å². The van der Waals surface area contributed by atoms with Crippen LogP contribution >= 0.6 is 11.3 Å². The average Bonchev–Trinajstić information content (AvgIpc) is 2.66. The summed E-state index contributed by atoms with van der Waals surface area (Å²) < 4.78 is 1.81. The first-order valence-electron chi connectivity index (χ1n) is 4.36. The fraction of sp³-hybridized carbons (Fsp3) is 0.100. The third-order valence-corrected chi connectivity index (χ3v) is 2.73. The van der Waals surface area contributed by atoms with Crippen molar-refractivity contribution in [1.29, 1.82) is 0 Å². The summed E-state index contributed by atoms with van der Waals surface area (Å²) in [6.07, 6.45) is 5.03. The maximum absolute atomic E-state index is 11.7. The second-order valence-electron chi connectivity index (χ2n) is 2.95. The normalized spacial score (nSPS) is 11.7. The molecule has 0 saturated heterocycles. The molecule has 0 spiro atoms. The van der Waals surface area contributed by atoms with Crippen LogP contribution in [0.1, 0.15) is 10.4 Å². The molecule has 2 rings (SSSR count). The lowest BCUT2D eigenvalue weighted by Crippen LogP contribution is -2.12. The number of hydrogen-bond acceptors (Lipinski definition) is 3. The molecule has 15 heavy (non-hydrogen) atoms. The van der Waals surface area contributed by atoms with Gasteiger partial charge in [-0.25, -0.2) is 0 Å². The van der Waals surface area contributed by atoms with E-state index in [0.29, 0.717) is 10.4 Å². The molecule has 0 unspecified atom stereocenters. The molecule has 0 aromatic carbocycles. The van der Waals surface area contributed by atoms with Gasteiger partial charge >= 0.3 is 0 Å². The monoisotopic (exact) mass is 219 g/mol. The molecule has 0 N–H and O–H groups in total. The van der Waals surface area contributed by atoms with E-state index in [1.807, 2.05) is 23.2 Å². The summed E-state index contributed by atoms with van der Waals surface area (Å²) in [5.74, 6) is -0.240. The van der Waals surface area contributed by atoms with E-state index < -0.39 is 0 Å². The predicted octanol–water partition coefficient (Wildman–Crippen LogP) is 1.22. The van der Waals surface area contributed by atoms with Gasteiger partial charge in [0.2, 0.25) is 0 Å². The van der Waals surface area contributed by atoms with Gasteiger partial charge in [-0.1, -0.05) is 0 Å². The van der Waals surface area contributed by atoms with Crippen LogP contribution in [-0.2, 0) is 7.05 Å². The summed E-state index contributed by atoms with van der Waals surface area (Å²) in [5, 5.41) is 1.89. The quantitative estimate of drug-likeness (QED) is 0.724. The van der Waals surface area contributed by atoms with Crippen LogP contribution in [0.15, 0.2) is 41.1 Å². The van der Waals surface area contributed by atoms with Crippen LogP contribution < -0.4 is 4.80 Å². The number of amides is 1. The van der Waals surface area contributed by atoms with Crippen molar-refractivity contribution in [3.05, 3.63) is 46.5 Å². The third kappa shape index (κ3) is 2.19. The number of rotatable bonds is 1. The topological polar surface area (TPSA) is 47.2 Å². The number of carbonyl (C=O) groups is 1. The van der Waals surface area contributed by atoms with E-state index in [2.05, 4.69) is 9.98 Å². The Kier molecular flexibility index (Phi) is 2.73. The molecule has 0 fully saturated rings. The molecule has 4 nitrogen and oxygen atoms in total. The van der Waals surface area contributed by atoms with Gasteiger partial charge in [0.1, 0.15) is 0 Å². The van der Waals surface area contributed by atoms with Gasteiger partial charge in [0, 0.05) is 36.6 Å². The van der Waals surface area contributed by atoms with Crippen molar-refractivity contribution in [2.75, 3.05) is 0 Å². The summed E-state index contributed by atoms with van der Waals surface area (Å²) in [5.41, 5.74) is 0.554. The molecule has 0 bridgehead atoms. The number of aromatic nitrogens is 2. The van der Waals surface area contributed by atoms with Crippen LogP contribution in [0.4, 0.5) is 0 Å². The maximum atomic E-state index is 11.7. The number of pyridine rings is 1. The molecule has 0 saturated carbocycles. The van der Waals surface area contributed by atoms with E-state index in [4.69, 9.17) is 0 Å². The van der Waals surface area contributed by atoms with Crippen LogP contribution in [0, 0.1) is 0 Å². The summed E-state index contributed by atoms with van der Waals surface area (Å²) >= 11 is 1.43. The molecular formula is C10H9N3OS. The molecule has 0 aliphatic carbocycles. The molecule has 1 amide bonds. The molecule has 2 aromatic heterocycles. The number of nitrogens with zero attached hydrogens (tertiary/aromatic N) is 3. The van der Waals surface area contributed by atoms with Gasteiger partial charge in [-0.3, -0.25) is 9.78 Å². The lowest BCUT2D eigenvalue weighted by molar-refractivity contribution is 0.0998. The minimum atomic E-state index is -0.240. The Labute approximate surface area is 90.6 Å².